The molecule has 0 aromatic carbocycles. The van der Waals surface area contributed by atoms with Gasteiger partial charge in [-0.3, -0.25) is 14.2 Å². The summed E-state index contributed by atoms with van der Waals surface area (Å²) in [7, 11) is 2.23. The Labute approximate surface area is 271 Å². The molecule has 8 unspecified atom stereocenters. The van der Waals surface area contributed by atoms with Gasteiger partial charge in [0.1, 0.15) is 5.82 Å². The standard InChI is InChI=1S/C33H52ClN5O4S/c1-19-14-25(31-30(36-19)27(18-44-31)33(41)42)24-15-22(34)4-7-29(24)43-13-12-39-20(2)37-28-6-5-23(16-26(28)32(39)40)38(3)17-21-8-10-35-11-9-21/h19,21-25,27,29-31,35-36H,4-18H2,1-3H3,(H,41,42)/t19?,22?,23-,24?,25?,27?,29?,30?,31?/m1/s1. The molecule has 5 aliphatic rings. The Bertz CT molecular complexity index is 1230. The first-order valence-electron chi connectivity index (χ1n) is 17.1. The van der Waals surface area contributed by atoms with Crippen LogP contribution in [0.3, 0.4) is 0 Å². The number of aryl methyl sites for hydroxylation is 2. The van der Waals surface area contributed by atoms with Crippen LogP contribution < -0.4 is 16.2 Å². The van der Waals surface area contributed by atoms with E-state index in [1.165, 1.54) is 12.8 Å². The first kappa shape index (κ1) is 32.8. The largest absolute Gasteiger partial charge is 0.481 e. The molecule has 0 bridgehead atoms. The van der Waals surface area contributed by atoms with Crippen LogP contribution in [0.5, 0.6) is 0 Å². The Morgan fingerprint density at radius 2 is 1.98 bits per heavy atom. The third-order valence-electron chi connectivity index (χ3n) is 11.4. The van der Waals surface area contributed by atoms with Crippen LogP contribution in [0.4, 0.5) is 0 Å². The van der Waals surface area contributed by atoms with Crippen molar-refractivity contribution in [3.63, 3.8) is 0 Å². The van der Waals surface area contributed by atoms with E-state index in [1.54, 1.807) is 0 Å². The van der Waals surface area contributed by atoms with Crippen molar-refractivity contribution in [2.45, 2.75) is 113 Å². The summed E-state index contributed by atoms with van der Waals surface area (Å²) in [5.74, 6) is 1.78. The fourth-order valence-corrected chi connectivity index (χ4v) is 11.1. The maximum Gasteiger partial charge on any atom is 0.308 e. The highest BCUT2D eigenvalue weighted by atomic mass is 35.5. The number of thioether (sulfide) groups is 1. The van der Waals surface area contributed by atoms with Gasteiger partial charge < -0.3 is 25.4 Å². The number of halogens is 1. The van der Waals surface area contributed by atoms with Gasteiger partial charge in [-0.1, -0.05) is 0 Å². The molecule has 3 aliphatic heterocycles. The fourth-order valence-electron chi connectivity index (χ4n) is 8.98. The molecule has 1 aromatic heterocycles. The molecule has 9 nitrogen and oxygen atoms in total. The molecular formula is C33H52ClN5O4S. The summed E-state index contributed by atoms with van der Waals surface area (Å²) in [4.78, 5) is 33.2. The molecule has 0 radical (unpaired) electrons. The predicted octanol–water partition coefficient (Wildman–Crippen LogP) is 3.32. The van der Waals surface area contributed by atoms with E-state index >= 15 is 0 Å². The summed E-state index contributed by atoms with van der Waals surface area (Å²) in [5.41, 5.74) is 1.99. The second-order valence-corrected chi connectivity index (χ2v) is 16.1. The number of hydrogen-bond donors (Lipinski definition) is 3. The van der Waals surface area contributed by atoms with E-state index in [-0.39, 0.29) is 40.3 Å². The highest BCUT2D eigenvalue weighted by Gasteiger charge is 2.51. The van der Waals surface area contributed by atoms with Crippen molar-refractivity contribution in [1.82, 2.24) is 25.1 Å². The monoisotopic (exact) mass is 649 g/mol. The molecule has 1 saturated carbocycles. The number of carbonyl (C=O) groups is 1. The van der Waals surface area contributed by atoms with Crippen LogP contribution in [0.2, 0.25) is 0 Å². The lowest BCUT2D eigenvalue weighted by Crippen LogP contribution is -2.57. The number of ether oxygens (including phenoxy) is 1. The number of alkyl halides is 1. The summed E-state index contributed by atoms with van der Waals surface area (Å²) in [6, 6.07) is 0.646. The highest BCUT2D eigenvalue weighted by Crippen LogP contribution is 2.48. The Morgan fingerprint density at radius 3 is 2.75 bits per heavy atom. The number of rotatable bonds is 9. The highest BCUT2D eigenvalue weighted by molar-refractivity contribution is 8.00. The van der Waals surface area contributed by atoms with E-state index in [2.05, 4.69) is 29.5 Å². The minimum atomic E-state index is -0.698. The zero-order valence-corrected chi connectivity index (χ0v) is 28.3. The van der Waals surface area contributed by atoms with E-state index in [0.717, 1.165) is 87.6 Å². The van der Waals surface area contributed by atoms with Crippen molar-refractivity contribution >= 4 is 29.3 Å². The van der Waals surface area contributed by atoms with Crippen molar-refractivity contribution in [2.24, 2.45) is 23.7 Å². The molecule has 4 heterocycles. The van der Waals surface area contributed by atoms with Crippen LogP contribution in [0.15, 0.2) is 4.79 Å². The van der Waals surface area contributed by atoms with E-state index in [0.29, 0.717) is 36.8 Å². The van der Waals surface area contributed by atoms with Crippen LogP contribution >= 0.6 is 23.4 Å². The number of likely N-dealkylation sites (N-methyl/N-ethyl adjacent to an activating group) is 1. The summed E-state index contributed by atoms with van der Waals surface area (Å²) in [5, 5.41) is 17.3. The van der Waals surface area contributed by atoms with E-state index in [4.69, 9.17) is 21.3 Å². The average molecular weight is 650 g/mol. The Morgan fingerprint density at radius 1 is 1.18 bits per heavy atom. The molecule has 0 amide bonds. The summed E-state index contributed by atoms with van der Waals surface area (Å²) >= 11 is 8.57. The summed E-state index contributed by atoms with van der Waals surface area (Å²) < 4.78 is 8.49. The first-order chi connectivity index (χ1) is 21.2. The minimum absolute atomic E-state index is 0.00653. The topological polar surface area (TPSA) is 109 Å². The molecule has 0 spiro atoms. The predicted molar refractivity (Wildman–Crippen MR) is 176 cm³/mol. The number of aliphatic carboxylic acids is 1. The van der Waals surface area contributed by atoms with Gasteiger partial charge in [-0.15, -0.1) is 11.6 Å². The second kappa shape index (κ2) is 14.3. The van der Waals surface area contributed by atoms with Crippen molar-refractivity contribution < 1.29 is 14.6 Å². The molecular weight excluding hydrogens is 598 g/mol. The van der Waals surface area contributed by atoms with Gasteiger partial charge in [-0.05, 0) is 110 Å². The Hall–Kier alpha value is -1.17. The van der Waals surface area contributed by atoms with Gasteiger partial charge in [0.15, 0.2) is 0 Å². The molecule has 6 rings (SSSR count). The quantitative estimate of drug-likeness (QED) is 0.347. The molecule has 3 N–H and O–H groups in total. The Kier molecular flexibility index (Phi) is 10.6. The Balaban J connectivity index is 1.11. The third kappa shape index (κ3) is 7.05. The number of aromatic nitrogens is 2. The van der Waals surface area contributed by atoms with Crippen molar-refractivity contribution in [1.29, 1.82) is 0 Å². The minimum Gasteiger partial charge on any atom is -0.481 e. The number of carboxylic acids is 1. The number of hydrogen-bond acceptors (Lipinski definition) is 8. The fraction of sp³-hybridized carbons (Fsp3) is 0.848. The number of carboxylic acid groups (broad SMARTS) is 1. The zero-order valence-electron chi connectivity index (χ0n) is 26.7. The van der Waals surface area contributed by atoms with Crippen molar-refractivity contribution in [3.05, 3.63) is 27.4 Å². The second-order valence-electron chi connectivity index (χ2n) is 14.3. The summed E-state index contributed by atoms with van der Waals surface area (Å²) in [6.45, 7) is 8.41. The van der Waals surface area contributed by atoms with Gasteiger partial charge in [0.25, 0.3) is 5.56 Å². The molecule has 4 fully saturated rings. The zero-order chi connectivity index (χ0) is 31.0. The maximum absolute atomic E-state index is 13.8. The van der Waals surface area contributed by atoms with Crippen LogP contribution in [0, 0.1) is 30.6 Å². The molecule has 11 heteroatoms. The van der Waals surface area contributed by atoms with Crippen LogP contribution in [-0.4, -0.2) is 99.4 Å². The van der Waals surface area contributed by atoms with Gasteiger partial charge >= 0.3 is 5.97 Å². The molecule has 3 saturated heterocycles. The van der Waals surface area contributed by atoms with Crippen molar-refractivity contribution in [2.75, 3.05) is 39.0 Å². The molecule has 2 aliphatic carbocycles. The van der Waals surface area contributed by atoms with Gasteiger partial charge in [0, 0.05) is 46.6 Å². The lowest BCUT2D eigenvalue weighted by atomic mass is 9.70. The number of piperidine rings is 2. The lowest BCUT2D eigenvalue weighted by molar-refractivity contribution is -0.142. The number of nitrogens with zero attached hydrogens (tertiary/aromatic N) is 3. The lowest BCUT2D eigenvalue weighted by Gasteiger charge is -2.47. The number of nitrogens with one attached hydrogen (secondary N) is 2. The maximum atomic E-state index is 13.8. The SMILES string of the molecule is Cc1nc2c(c(=O)n1CCOC1CCC(Cl)CC1C1CC(C)NC3C(C(=O)O)CSC13)C[C@H](N(C)CC1CCNCC1)CC2. The van der Waals surface area contributed by atoms with Crippen LogP contribution in [0.25, 0.3) is 0 Å². The summed E-state index contributed by atoms with van der Waals surface area (Å²) in [6.07, 6.45) is 8.97. The van der Waals surface area contributed by atoms with E-state index < -0.39 is 5.97 Å². The average Bonchev–Trinajstić information content (AvgIpc) is 3.43. The first-order valence-corrected chi connectivity index (χ1v) is 18.5. The third-order valence-corrected chi connectivity index (χ3v) is 13.4. The van der Waals surface area contributed by atoms with Crippen LogP contribution in [0.1, 0.15) is 69.0 Å². The normalized spacial score (nSPS) is 36.2. The number of fused-ring (bicyclic) bond motifs is 2. The smallest absolute Gasteiger partial charge is 0.308 e. The van der Waals surface area contributed by atoms with Gasteiger partial charge in [0.05, 0.1) is 30.9 Å². The van der Waals surface area contributed by atoms with Crippen LogP contribution in [-0.2, 0) is 28.9 Å². The van der Waals surface area contributed by atoms with Crippen molar-refractivity contribution in [3.8, 4) is 0 Å². The van der Waals surface area contributed by atoms with Gasteiger partial charge in [-0.25, -0.2) is 4.98 Å². The molecule has 1 aromatic rings. The van der Waals surface area contributed by atoms with E-state index in [9.17, 15) is 14.7 Å². The van der Waals surface area contributed by atoms with Gasteiger partial charge in [-0.2, -0.15) is 11.8 Å². The van der Waals surface area contributed by atoms with Gasteiger partial charge in [0.2, 0.25) is 0 Å². The molecule has 44 heavy (non-hydrogen) atoms. The molecule has 246 valence electrons. The van der Waals surface area contributed by atoms with E-state index in [1.807, 2.05) is 23.3 Å². The molecule has 9 atom stereocenters.